The second-order valence-corrected chi connectivity index (χ2v) is 5.36. The number of halogens is 1. The van der Waals surface area contributed by atoms with Crippen LogP contribution in [0.1, 0.15) is 13.8 Å². The molecule has 1 aromatic carbocycles. The van der Waals surface area contributed by atoms with E-state index < -0.39 is 9.05 Å². The van der Waals surface area contributed by atoms with Gasteiger partial charge in [-0.05, 0) is 0 Å². The van der Waals surface area contributed by atoms with Crippen LogP contribution in [-0.2, 0) is 9.05 Å². The van der Waals surface area contributed by atoms with Crippen molar-refractivity contribution in [2.75, 3.05) is 21.3 Å². The molecular formula is C11H17ClO5S. The largest absolute Gasteiger partial charge is 0.493 e. The van der Waals surface area contributed by atoms with Gasteiger partial charge in [-0.1, -0.05) is 13.8 Å². The van der Waals surface area contributed by atoms with Crippen LogP contribution in [0.5, 0.6) is 17.2 Å². The van der Waals surface area contributed by atoms with Crippen molar-refractivity contribution in [3.05, 3.63) is 12.1 Å². The Bertz CT molecular complexity index is 459. The van der Waals surface area contributed by atoms with E-state index >= 15 is 0 Å². The minimum Gasteiger partial charge on any atom is -0.493 e. The Kier molecular flexibility index (Phi) is 6.86. The molecule has 0 aliphatic carbocycles. The third-order valence-corrected chi connectivity index (χ3v) is 3.25. The first-order valence-corrected chi connectivity index (χ1v) is 7.49. The summed E-state index contributed by atoms with van der Waals surface area (Å²) < 4.78 is 37.4. The van der Waals surface area contributed by atoms with Gasteiger partial charge in [-0.25, -0.2) is 8.42 Å². The Morgan fingerprint density at radius 1 is 0.944 bits per heavy atom. The fraction of sp³-hybridized carbons (Fsp3) is 0.455. The lowest BCUT2D eigenvalue weighted by Crippen LogP contribution is -1.98. The topological polar surface area (TPSA) is 61.8 Å². The fourth-order valence-electron chi connectivity index (χ4n) is 1.20. The van der Waals surface area contributed by atoms with Crippen LogP contribution in [0.2, 0.25) is 0 Å². The van der Waals surface area contributed by atoms with Gasteiger partial charge in [-0.2, -0.15) is 0 Å². The SMILES string of the molecule is CC.COc1cc(S(=O)(=O)Cl)cc(OC)c1OC. The van der Waals surface area contributed by atoms with Crippen molar-refractivity contribution in [2.24, 2.45) is 0 Å². The zero-order valence-electron chi connectivity index (χ0n) is 11.0. The number of benzene rings is 1. The van der Waals surface area contributed by atoms with E-state index in [1.165, 1.54) is 33.5 Å². The number of hydrogen-bond donors (Lipinski definition) is 0. The van der Waals surface area contributed by atoms with Crippen molar-refractivity contribution in [1.29, 1.82) is 0 Å². The minimum absolute atomic E-state index is 0.108. The maximum Gasteiger partial charge on any atom is 0.261 e. The summed E-state index contributed by atoms with van der Waals surface area (Å²) in [6.45, 7) is 4.00. The average molecular weight is 297 g/mol. The van der Waals surface area contributed by atoms with Crippen molar-refractivity contribution in [3.8, 4) is 17.2 Å². The molecular weight excluding hydrogens is 280 g/mol. The monoisotopic (exact) mass is 296 g/mol. The molecule has 0 N–H and O–H groups in total. The standard InChI is InChI=1S/C9H11ClO5S.C2H6/c1-13-7-4-6(16(10,11)12)5-8(14-2)9(7)15-3;1-2/h4-5H,1-3H3;1-2H3. The second-order valence-electron chi connectivity index (χ2n) is 2.80. The average Bonchev–Trinajstić information content (AvgIpc) is 2.38. The van der Waals surface area contributed by atoms with E-state index in [1.807, 2.05) is 13.8 Å². The van der Waals surface area contributed by atoms with E-state index in [1.54, 1.807) is 0 Å². The molecule has 0 unspecified atom stereocenters. The highest BCUT2D eigenvalue weighted by atomic mass is 35.7. The summed E-state index contributed by atoms with van der Waals surface area (Å²) in [7, 11) is 5.60. The molecule has 0 bridgehead atoms. The fourth-order valence-corrected chi connectivity index (χ4v) is 1.96. The lowest BCUT2D eigenvalue weighted by atomic mass is 10.3. The number of rotatable bonds is 4. The zero-order valence-corrected chi connectivity index (χ0v) is 12.6. The molecule has 0 heterocycles. The molecule has 0 saturated carbocycles. The molecule has 0 saturated heterocycles. The van der Waals surface area contributed by atoms with Gasteiger partial charge in [0.15, 0.2) is 11.5 Å². The second kappa shape index (κ2) is 7.33. The molecule has 0 atom stereocenters. The first-order chi connectivity index (χ1) is 8.43. The van der Waals surface area contributed by atoms with Gasteiger partial charge < -0.3 is 14.2 Å². The molecule has 1 aromatic rings. The predicted molar refractivity (Wildman–Crippen MR) is 70.5 cm³/mol. The van der Waals surface area contributed by atoms with Crippen molar-refractivity contribution >= 4 is 19.7 Å². The van der Waals surface area contributed by atoms with Crippen LogP contribution in [0.25, 0.3) is 0 Å². The van der Waals surface area contributed by atoms with Gasteiger partial charge in [0.2, 0.25) is 5.75 Å². The van der Waals surface area contributed by atoms with Crippen LogP contribution in [0.15, 0.2) is 17.0 Å². The highest BCUT2D eigenvalue weighted by Crippen LogP contribution is 2.39. The van der Waals surface area contributed by atoms with E-state index in [9.17, 15) is 8.42 Å². The number of hydrogen-bond acceptors (Lipinski definition) is 5. The molecule has 5 nitrogen and oxygen atoms in total. The Hall–Kier alpha value is -1.14. The summed E-state index contributed by atoms with van der Waals surface area (Å²) in [6, 6.07) is 2.54. The van der Waals surface area contributed by atoms with Gasteiger partial charge in [-0.15, -0.1) is 0 Å². The number of ether oxygens (including phenoxy) is 3. The van der Waals surface area contributed by atoms with E-state index in [2.05, 4.69) is 0 Å². The Balaban J connectivity index is 0.00000137. The van der Waals surface area contributed by atoms with Gasteiger partial charge in [0, 0.05) is 22.8 Å². The summed E-state index contributed by atoms with van der Waals surface area (Å²) in [5.41, 5.74) is 0. The van der Waals surface area contributed by atoms with Crippen LogP contribution in [0.4, 0.5) is 0 Å². The van der Waals surface area contributed by atoms with Crippen molar-refractivity contribution in [3.63, 3.8) is 0 Å². The highest BCUT2D eigenvalue weighted by molar-refractivity contribution is 8.13. The van der Waals surface area contributed by atoms with Gasteiger partial charge >= 0.3 is 0 Å². The first kappa shape index (κ1) is 16.9. The summed E-state index contributed by atoms with van der Waals surface area (Å²) >= 11 is 0. The number of methoxy groups -OCH3 is 3. The summed E-state index contributed by atoms with van der Waals surface area (Å²) in [5.74, 6) is 0.788. The highest BCUT2D eigenvalue weighted by Gasteiger charge is 2.19. The van der Waals surface area contributed by atoms with Crippen LogP contribution < -0.4 is 14.2 Å². The molecule has 0 spiro atoms. The zero-order chi connectivity index (χ0) is 14.3. The molecule has 0 amide bonds. The molecule has 0 aliphatic heterocycles. The lowest BCUT2D eigenvalue weighted by Gasteiger charge is -2.12. The van der Waals surface area contributed by atoms with Crippen molar-refractivity contribution < 1.29 is 22.6 Å². The van der Waals surface area contributed by atoms with Crippen molar-refractivity contribution in [1.82, 2.24) is 0 Å². The van der Waals surface area contributed by atoms with Crippen LogP contribution in [-0.4, -0.2) is 29.7 Å². The third-order valence-electron chi connectivity index (χ3n) is 1.92. The molecule has 18 heavy (non-hydrogen) atoms. The normalized spacial score (nSPS) is 10.1. The van der Waals surface area contributed by atoms with Crippen LogP contribution in [0.3, 0.4) is 0 Å². The molecule has 0 aromatic heterocycles. The minimum atomic E-state index is -3.84. The van der Waals surface area contributed by atoms with Crippen LogP contribution >= 0.6 is 10.7 Å². The van der Waals surface area contributed by atoms with Gasteiger partial charge in [0.25, 0.3) is 9.05 Å². The Labute approximate surface area is 112 Å². The molecule has 104 valence electrons. The van der Waals surface area contributed by atoms with E-state index in [0.29, 0.717) is 5.75 Å². The maximum absolute atomic E-state index is 11.2. The smallest absolute Gasteiger partial charge is 0.261 e. The molecule has 1 rings (SSSR count). The Morgan fingerprint density at radius 3 is 1.56 bits per heavy atom. The quantitative estimate of drug-likeness (QED) is 0.799. The molecule has 0 aliphatic rings. The third kappa shape index (κ3) is 3.96. The molecule has 0 radical (unpaired) electrons. The van der Waals surface area contributed by atoms with Gasteiger partial charge in [0.05, 0.1) is 26.2 Å². The van der Waals surface area contributed by atoms with E-state index in [0.717, 1.165) is 0 Å². The van der Waals surface area contributed by atoms with E-state index in [4.69, 9.17) is 24.9 Å². The van der Waals surface area contributed by atoms with E-state index in [-0.39, 0.29) is 16.4 Å². The summed E-state index contributed by atoms with van der Waals surface area (Å²) in [4.78, 5) is -0.108. The molecule has 7 heteroatoms. The predicted octanol–water partition coefficient (Wildman–Crippen LogP) is 2.67. The first-order valence-electron chi connectivity index (χ1n) is 5.18. The van der Waals surface area contributed by atoms with Crippen molar-refractivity contribution in [2.45, 2.75) is 18.7 Å². The van der Waals surface area contributed by atoms with Crippen LogP contribution in [0, 0.1) is 0 Å². The summed E-state index contributed by atoms with van der Waals surface area (Å²) in [6.07, 6.45) is 0. The maximum atomic E-state index is 11.2. The molecule has 0 fully saturated rings. The van der Waals surface area contributed by atoms with Gasteiger partial charge in [-0.3, -0.25) is 0 Å². The lowest BCUT2D eigenvalue weighted by molar-refractivity contribution is 0.323. The summed E-state index contributed by atoms with van der Waals surface area (Å²) in [5, 5.41) is 0. The van der Waals surface area contributed by atoms with Gasteiger partial charge in [0.1, 0.15) is 0 Å². The Morgan fingerprint density at radius 2 is 1.33 bits per heavy atom.